The average Bonchev–Trinajstić information content (AvgIpc) is 2.99. The molecular weight excluding hydrogens is 356 g/mol. The van der Waals surface area contributed by atoms with Crippen molar-refractivity contribution in [2.24, 2.45) is 11.1 Å². The van der Waals surface area contributed by atoms with E-state index in [9.17, 15) is 0 Å². The first kappa shape index (κ1) is 17.3. The van der Waals surface area contributed by atoms with E-state index in [1.54, 1.807) is 0 Å². The predicted molar refractivity (Wildman–Crippen MR) is 109 cm³/mol. The molecular formula is C23H25ClN2O. The van der Waals surface area contributed by atoms with Crippen LogP contribution in [0.1, 0.15) is 42.7 Å². The summed E-state index contributed by atoms with van der Waals surface area (Å²) >= 11 is 6.13. The van der Waals surface area contributed by atoms with Crippen LogP contribution in [0, 0.1) is 5.92 Å². The molecule has 140 valence electrons. The van der Waals surface area contributed by atoms with Gasteiger partial charge < -0.3 is 4.84 Å². The Labute approximate surface area is 166 Å². The Hall–Kier alpha value is -1.84. The van der Waals surface area contributed by atoms with Crippen LogP contribution in [0.25, 0.3) is 0 Å². The van der Waals surface area contributed by atoms with E-state index in [2.05, 4.69) is 34.3 Å². The lowest BCUT2D eigenvalue weighted by Crippen LogP contribution is -2.55. The fourth-order valence-corrected chi connectivity index (χ4v) is 5.58. The van der Waals surface area contributed by atoms with Gasteiger partial charge in [-0.2, -0.15) is 0 Å². The van der Waals surface area contributed by atoms with Crippen LogP contribution in [0.4, 0.5) is 0 Å². The van der Waals surface area contributed by atoms with Crippen LogP contribution in [0.15, 0.2) is 59.8 Å². The van der Waals surface area contributed by atoms with Gasteiger partial charge in [0.15, 0.2) is 0 Å². The maximum absolute atomic E-state index is 6.13. The molecule has 0 aliphatic carbocycles. The molecule has 4 heteroatoms. The minimum absolute atomic E-state index is 0.467. The third-order valence-corrected chi connectivity index (χ3v) is 6.88. The summed E-state index contributed by atoms with van der Waals surface area (Å²) in [5.41, 5.74) is 3.82. The van der Waals surface area contributed by atoms with Crippen LogP contribution >= 0.6 is 11.6 Å². The van der Waals surface area contributed by atoms with Crippen molar-refractivity contribution in [3.05, 3.63) is 70.7 Å². The van der Waals surface area contributed by atoms with Crippen LogP contribution < -0.4 is 0 Å². The molecule has 5 atom stereocenters. The highest BCUT2D eigenvalue weighted by Crippen LogP contribution is 2.50. The molecule has 27 heavy (non-hydrogen) atoms. The Morgan fingerprint density at radius 2 is 1.85 bits per heavy atom. The zero-order valence-electron chi connectivity index (χ0n) is 15.4. The van der Waals surface area contributed by atoms with Gasteiger partial charge in [-0.25, -0.2) is 0 Å². The average molecular weight is 381 g/mol. The summed E-state index contributed by atoms with van der Waals surface area (Å²) in [6.07, 6.45) is 4.86. The molecule has 2 aromatic carbocycles. The first-order chi connectivity index (χ1) is 13.3. The molecule has 0 saturated carbocycles. The Balaban J connectivity index is 1.40. The smallest absolute Gasteiger partial charge is 0.142 e. The van der Waals surface area contributed by atoms with Gasteiger partial charge >= 0.3 is 0 Å². The van der Waals surface area contributed by atoms with Gasteiger partial charge in [0.25, 0.3) is 0 Å². The number of hydrogen-bond donors (Lipinski definition) is 0. The zero-order chi connectivity index (χ0) is 18.2. The fourth-order valence-electron chi connectivity index (χ4n) is 5.45. The topological polar surface area (TPSA) is 24.8 Å². The lowest BCUT2D eigenvalue weighted by Gasteiger charge is -2.49. The van der Waals surface area contributed by atoms with E-state index in [0.717, 1.165) is 29.6 Å². The normalized spacial score (nSPS) is 33.2. The van der Waals surface area contributed by atoms with Crippen molar-refractivity contribution in [2.45, 2.75) is 50.3 Å². The van der Waals surface area contributed by atoms with Crippen molar-refractivity contribution >= 4 is 17.3 Å². The Bertz CT molecular complexity index is 820. The quantitative estimate of drug-likeness (QED) is 0.676. The van der Waals surface area contributed by atoms with Crippen LogP contribution in [-0.4, -0.2) is 29.2 Å². The van der Waals surface area contributed by atoms with E-state index >= 15 is 0 Å². The standard InChI is InChI=1S/C23H25ClN2O/c24-18-8-6-17(7-9-18)20-14-19-10-11-22-23(20)21(12-13-26(19)22)25-27-15-16-4-2-1-3-5-16/h1-9,19-20,22-23H,10-15H2/b25-21+/t19?,20-,22?,23?/m1/s1. The largest absolute Gasteiger partial charge is 0.391 e. The van der Waals surface area contributed by atoms with Gasteiger partial charge in [-0.05, 0) is 48.4 Å². The van der Waals surface area contributed by atoms with Crippen molar-refractivity contribution in [2.75, 3.05) is 6.54 Å². The SMILES string of the molecule is Clc1ccc([C@H]2CC3CCC4C2/C(=N/OCc2ccccc2)CCN34)cc1. The number of oxime groups is 1. The predicted octanol–water partition coefficient (Wildman–Crippen LogP) is 5.25. The molecule has 0 radical (unpaired) electrons. The Kier molecular flexibility index (Phi) is 4.66. The number of benzene rings is 2. The van der Waals surface area contributed by atoms with E-state index in [-0.39, 0.29) is 0 Å². The Morgan fingerprint density at radius 3 is 2.67 bits per heavy atom. The number of rotatable bonds is 4. The number of halogens is 1. The second kappa shape index (κ2) is 7.29. The highest BCUT2D eigenvalue weighted by molar-refractivity contribution is 6.30. The monoisotopic (exact) mass is 380 g/mol. The maximum Gasteiger partial charge on any atom is 0.142 e. The molecule has 0 amide bonds. The van der Waals surface area contributed by atoms with E-state index in [0.29, 0.717) is 24.5 Å². The van der Waals surface area contributed by atoms with Crippen molar-refractivity contribution in [3.8, 4) is 0 Å². The molecule has 2 aromatic rings. The summed E-state index contributed by atoms with van der Waals surface area (Å²) in [4.78, 5) is 8.55. The highest BCUT2D eigenvalue weighted by Gasteiger charge is 2.51. The highest BCUT2D eigenvalue weighted by atomic mass is 35.5. The van der Waals surface area contributed by atoms with Crippen LogP contribution in [0.2, 0.25) is 5.02 Å². The summed E-state index contributed by atoms with van der Waals surface area (Å²) in [5.74, 6) is 0.991. The van der Waals surface area contributed by atoms with Crippen molar-refractivity contribution in [1.82, 2.24) is 4.90 Å². The van der Waals surface area contributed by atoms with Crippen LogP contribution in [-0.2, 0) is 11.4 Å². The molecule has 3 heterocycles. The summed E-state index contributed by atoms with van der Waals surface area (Å²) in [6, 6.07) is 20.1. The van der Waals surface area contributed by atoms with Crippen molar-refractivity contribution < 1.29 is 4.84 Å². The number of hydrogen-bond acceptors (Lipinski definition) is 3. The van der Waals surface area contributed by atoms with Gasteiger partial charge in [0.2, 0.25) is 0 Å². The van der Waals surface area contributed by atoms with E-state index in [4.69, 9.17) is 16.4 Å². The first-order valence-corrected chi connectivity index (χ1v) is 10.4. The number of piperidine rings is 2. The molecule has 0 aromatic heterocycles. The third-order valence-electron chi connectivity index (χ3n) is 6.63. The molecule has 3 aliphatic heterocycles. The molecule has 3 fully saturated rings. The zero-order valence-corrected chi connectivity index (χ0v) is 16.2. The Morgan fingerprint density at radius 1 is 1.04 bits per heavy atom. The van der Waals surface area contributed by atoms with Gasteiger partial charge in [-0.15, -0.1) is 0 Å². The fraction of sp³-hybridized carbons (Fsp3) is 0.435. The molecule has 4 unspecified atom stereocenters. The van der Waals surface area contributed by atoms with Gasteiger partial charge in [0.1, 0.15) is 6.61 Å². The molecule has 4 bridgehead atoms. The second-order valence-corrected chi connectivity index (χ2v) is 8.48. The van der Waals surface area contributed by atoms with Crippen molar-refractivity contribution in [1.29, 1.82) is 0 Å². The summed E-state index contributed by atoms with van der Waals surface area (Å²) in [6.45, 7) is 1.67. The summed E-state index contributed by atoms with van der Waals surface area (Å²) < 4.78 is 0. The lowest BCUT2D eigenvalue weighted by atomic mass is 9.71. The van der Waals surface area contributed by atoms with Crippen molar-refractivity contribution in [3.63, 3.8) is 0 Å². The van der Waals surface area contributed by atoms with E-state index in [1.165, 1.54) is 30.5 Å². The van der Waals surface area contributed by atoms with Gasteiger partial charge in [0, 0.05) is 36.0 Å². The van der Waals surface area contributed by atoms with Gasteiger partial charge in [0.05, 0.1) is 5.71 Å². The molecule has 0 spiro atoms. The molecule has 3 saturated heterocycles. The maximum atomic E-state index is 6.13. The minimum atomic E-state index is 0.467. The first-order valence-electron chi connectivity index (χ1n) is 10.0. The second-order valence-electron chi connectivity index (χ2n) is 8.05. The minimum Gasteiger partial charge on any atom is -0.391 e. The molecule has 3 aliphatic rings. The summed E-state index contributed by atoms with van der Waals surface area (Å²) in [5, 5.41) is 5.48. The summed E-state index contributed by atoms with van der Waals surface area (Å²) in [7, 11) is 0. The molecule has 0 N–H and O–H groups in total. The van der Waals surface area contributed by atoms with Gasteiger partial charge in [-0.1, -0.05) is 59.2 Å². The van der Waals surface area contributed by atoms with Crippen LogP contribution in [0.5, 0.6) is 0 Å². The lowest BCUT2D eigenvalue weighted by molar-refractivity contribution is 0.0765. The molecule has 3 nitrogen and oxygen atoms in total. The van der Waals surface area contributed by atoms with E-state index < -0.39 is 0 Å². The van der Waals surface area contributed by atoms with E-state index in [1.807, 2.05) is 30.3 Å². The number of nitrogens with zero attached hydrogens (tertiary/aromatic N) is 2. The van der Waals surface area contributed by atoms with Crippen LogP contribution in [0.3, 0.4) is 0 Å². The third kappa shape index (κ3) is 3.28. The molecule has 5 rings (SSSR count). The van der Waals surface area contributed by atoms with Gasteiger partial charge in [-0.3, -0.25) is 4.90 Å².